The van der Waals surface area contributed by atoms with Crippen molar-refractivity contribution in [2.75, 3.05) is 0 Å². The summed E-state index contributed by atoms with van der Waals surface area (Å²) in [4.78, 5) is 18.9. The maximum atomic E-state index is 10.6. The summed E-state index contributed by atoms with van der Waals surface area (Å²) < 4.78 is 0.664. The smallest absolute Gasteiger partial charge is 0.405 e. The molecule has 0 aliphatic heterocycles. The van der Waals surface area contributed by atoms with Gasteiger partial charge in [0.1, 0.15) is 4.60 Å². The minimum Gasteiger partial charge on any atom is -0.465 e. The molecule has 15 heavy (non-hydrogen) atoms. The van der Waals surface area contributed by atoms with Crippen molar-refractivity contribution in [3.8, 4) is 0 Å². The van der Waals surface area contributed by atoms with Gasteiger partial charge in [-0.2, -0.15) is 0 Å². The first-order valence-electron chi connectivity index (χ1n) is 4.33. The van der Waals surface area contributed by atoms with Gasteiger partial charge in [0.05, 0.1) is 23.1 Å². The van der Waals surface area contributed by atoms with Crippen molar-refractivity contribution in [1.29, 1.82) is 0 Å². The molecule has 0 aliphatic carbocycles. The van der Waals surface area contributed by atoms with Gasteiger partial charge in [-0.15, -0.1) is 0 Å². The number of hydrogen-bond acceptors (Lipinski definition) is 3. The Balaban J connectivity index is 3.04. The van der Waals surface area contributed by atoms with Crippen molar-refractivity contribution in [2.24, 2.45) is 0 Å². The highest BCUT2D eigenvalue weighted by Crippen LogP contribution is 2.19. The quantitative estimate of drug-likeness (QED) is 0.865. The van der Waals surface area contributed by atoms with Crippen molar-refractivity contribution >= 4 is 22.0 Å². The molecule has 0 atom stereocenters. The van der Waals surface area contributed by atoms with Gasteiger partial charge in [-0.25, -0.2) is 9.78 Å². The number of carboxylic acid groups (broad SMARTS) is 1. The molecule has 82 valence electrons. The zero-order valence-electron chi connectivity index (χ0n) is 8.71. The van der Waals surface area contributed by atoms with Gasteiger partial charge >= 0.3 is 6.09 Å². The SMILES string of the molecule is Cc1nc(C(C)(C)NC(=O)O)cnc1Br. The van der Waals surface area contributed by atoms with Crippen molar-refractivity contribution in [2.45, 2.75) is 26.3 Å². The second-order valence-electron chi connectivity index (χ2n) is 3.69. The van der Waals surface area contributed by atoms with Gasteiger partial charge in [0.25, 0.3) is 0 Å². The van der Waals surface area contributed by atoms with E-state index in [1.807, 2.05) is 0 Å². The van der Waals surface area contributed by atoms with Gasteiger partial charge in [0.2, 0.25) is 0 Å². The maximum absolute atomic E-state index is 10.6. The zero-order chi connectivity index (χ0) is 11.6. The third-order valence-corrected chi connectivity index (χ3v) is 2.73. The van der Waals surface area contributed by atoms with E-state index in [1.54, 1.807) is 27.0 Å². The van der Waals surface area contributed by atoms with Gasteiger partial charge in [-0.3, -0.25) is 4.98 Å². The molecule has 0 aliphatic rings. The summed E-state index contributed by atoms with van der Waals surface area (Å²) in [5, 5.41) is 11.0. The van der Waals surface area contributed by atoms with E-state index in [9.17, 15) is 4.79 Å². The Kier molecular flexibility index (Phi) is 3.28. The van der Waals surface area contributed by atoms with Gasteiger partial charge in [0.15, 0.2) is 0 Å². The molecule has 5 nitrogen and oxygen atoms in total. The normalized spacial score (nSPS) is 11.2. The van der Waals surface area contributed by atoms with E-state index in [2.05, 4.69) is 31.2 Å². The van der Waals surface area contributed by atoms with E-state index in [4.69, 9.17) is 5.11 Å². The molecule has 1 aromatic heterocycles. The third-order valence-electron chi connectivity index (χ3n) is 1.95. The number of aromatic nitrogens is 2. The predicted octanol–water partition coefficient (Wildman–Crippen LogP) is 2.05. The van der Waals surface area contributed by atoms with Gasteiger partial charge < -0.3 is 10.4 Å². The van der Waals surface area contributed by atoms with Crippen LogP contribution >= 0.6 is 15.9 Å². The Morgan fingerprint density at radius 1 is 1.60 bits per heavy atom. The lowest BCUT2D eigenvalue weighted by Crippen LogP contribution is -2.41. The molecule has 0 unspecified atom stereocenters. The maximum Gasteiger partial charge on any atom is 0.405 e. The minimum absolute atomic E-state index is 0.589. The monoisotopic (exact) mass is 273 g/mol. The summed E-state index contributed by atoms with van der Waals surface area (Å²) in [5.41, 5.74) is 0.572. The standard InChI is InChI=1S/C9H12BrN3O2/c1-5-7(10)11-4-6(12-5)9(2,3)13-8(14)15/h4,13H,1-3H3,(H,14,15). The number of amides is 1. The number of nitrogens with one attached hydrogen (secondary N) is 1. The van der Waals surface area contributed by atoms with Crippen LogP contribution in [0.5, 0.6) is 0 Å². The Morgan fingerprint density at radius 3 is 2.67 bits per heavy atom. The average Bonchev–Trinajstić information content (AvgIpc) is 2.07. The highest BCUT2D eigenvalue weighted by Gasteiger charge is 2.25. The summed E-state index contributed by atoms with van der Waals surface area (Å²) in [7, 11) is 0. The van der Waals surface area contributed by atoms with E-state index in [-0.39, 0.29) is 0 Å². The van der Waals surface area contributed by atoms with E-state index in [0.717, 1.165) is 5.69 Å². The number of aryl methyl sites for hydroxylation is 1. The fourth-order valence-electron chi connectivity index (χ4n) is 1.10. The molecule has 0 fully saturated rings. The largest absolute Gasteiger partial charge is 0.465 e. The first kappa shape index (κ1) is 11.9. The molecule has 0 saturated carbocycles. The summed E-state index contributed by atoms with van der Waals surface area (Å²) in [6.07, 6.45) is 0.467. The van der Waals surface area contributed by atoms with Crippen LogP contribution in [0.1, 0.15) is 25.2 Å². The molecule has 1 heterocycles. The molecule has 6 heteroatoms. The van der Waals surface area contributed by atoms with Crippen LogP contribution in [0, 0.1) is 6.92 Å². The lowest BCUT2D eigenvalue weighted by Gasteiger charge is -2.23. The lowest BCUT2D eigenvalue weighted by molar-refractivity contribution is 0.181. The molecule has 1 amide bonds. The minimum atomic E-state index is -1.08. The summed E-state index contributed by atoms with van der Waals surface area (Å²) >= 11 is 3.24. The van der Waals surface area contributed by atoms with Crippen LogP contribution in [-0.4, -0.2) is 21.2 Å². The summed E-state index contributed by atoms with van der Waals surface area (Å²) in [6, 6.07) is 0. The van der Waals surface area contributed by atoms with Crippen LogP contribution in [0.2, 0.25) is 0 Å². The molecule has 1 aromatic rings. The zero-order valence-corrected chi connectivity index (χ0v) is 10.3. The summed E-state index contributed by atoms with van der Waals surface area (Å²) in [6.45, 7) is 5.27. The summed E-state index contributed by atoms with van der Waals surface area (Å²) in [5.74, 6) is 0. The predicted molar refractivity (Wildman–Crippen MR) is 58.7 cm³/mol. The van der Waals surface area contributed by atoms with Crippen molar-refractivity contribution in [1.82, 2.24) is 15.3 Å². The third kappa shape index (κ3) is 2.89. The second kappa shape index (κ2) is 4.14. The lowest BCUT2D eigenvalue weighted by atomic mass is 10.0. The van der Waals surface area contributed by atoms with Gasteiger partial charge in [-0.1, -0.05) is 0 Å². The van der Waals surface area contributed by atoms with Crippen LogP contribution in [-0.2, 0) is 5.54 Å². The highest BCUT2D eigenvalue weighted by atomic mass is 79.9. The second-order valence-corrected chi connectivity index (χ2v) is 4.44. The Labute approximate surface area is 96.1 Å². The number of hydrogen-bond donors (Lipinski definition) is 2. The Morgan fingerprint density at radius 2 is 2.20 bits per heavy atom. The van der Waals surface area contributed by atoms with Crippen LogP contribution in [0.3, 0.4) is 0 Å². The molecule has 0 radical (unpaired) electrons. The van der Waals surface area contributed by atoms with Gasteiger partial charge in [-0.05, 0) is 36.7 Å². The van der Waals surface area contributed by atoms with Crippen molar-refractivity contribution in [3.63, 3.8) is 0 Å². The molecule has 0 aromatic carbocycles. The van der Waals surface area contributed by atoms with Crippen LogP contribution < -0.4 is 5.32 Å². The molecule has 0 bridgehead atoms. The number of rotatable bonds is 2. The first-order valence-corrected chi connectivity index (χ1v) is 5.13. The van der Waals surface area contributed by atoms with Crippen molar-refractivity contribution in [3.05, 3.63) is 22.2 Å². The fraction of sp³-hybridized carbons (Fsp3) is 0.444. The highest BCUT2D eigenvalue weighted by molar-refractivity contribution is 9.10. The molecule has 2 N–H and O–H groups in total. The molecular formula is C9H12BrN3O2. The van der Waals surface area contributed by atoms with E-state index < -0.39 is 11.6 Å². The molecule has 0 spiro atoms. The number of nitrogens with zero attached hydrogens (tertiary/aromatic N) is 2. The fourth-order valence-corrected chi connectivity index (χ4v) is 1.29. The van der Waals surface area contributed by atoms with Crippen LogP contribution in [0.4, 0.5) is 4.79 Å². The van der Waals surface area contributed by atoms with E-state index >= 15 is 0 Å². The van der Waals surface area contributed by atoms with Crippen LogP contribution in [0.25, 0.3) is 0 Å². The first-order chi connectivity index (χ1) is 6.83. The van der Waals surface area contributed by atoms with E-state index in [1.165, 1.54) is 0 Å². The Hall–Kier alpha value is -1.17. The molecular weight excluding hydrogens is 262 g/mol. The molecule has 0 saturated heterocycles. The molecule has 1 rings (SSSR count). The number of halogens is 1. The van der Waals surface area contributed by atoms with Crippen LogP contribution in [0.15, 0.2) is 10.8 Å². The van der Waals surface area contributed by atoms with E-state index in [0.29, 0.717) is 10.3 Å². The Bertz CT molecular complexity index is 393. The topological polar surface area (TPSA) is 75.1 Å². The van der Waals surface area contributed by atoms with Crippen molar-refractivity contribution < 1.29 is 9.90 Å². The number of carbonyl (C=O) groups is 1. The van der Waals surface area contributed by atoms with Gasteiger partial charge in [0, 0.05) is 0 Å². The average molecular weight is 274 g/mol.